The molecule has 1 aliphatic rings. The van der Waals surface area contributed by atoms with Crippen molar-refractivity contribution in [1.29, 1.82) is 0 Å². The van der Waals surface area contributed by atoms with E-state index in [0.717, 1.165) is 19.4 Å². The van der Waals surface area contributed by atoms with Gasteiger partial charge in [-0.2, -0.15) is 0 Å². The lowest BCUT2D eigenvalue weighted by Gasteiger charge is -2.23. The topological polar surface area (TPSA) is 89.3 Å². The number of hydrogen-bond donors (Lipinski definition) is 3. The van der Waals surface area contributed by atoms with E-state index in [2.05, 4.69) is 15.7 Å². The third-order valence-electron chi connectivity index (χ3n) is 3.11. The van der Waals surface area contributed by atoms with E-state index in [0.29, 0.717) is 17.9 Å². The second kappa shape index (κ2) is 5.32. The molecule has 1 aromatic rings. The van der Waals surface area contributed by atoms with Gasteiger partial charge in [0.15, 0.2) is 5.82 Å². The molecular weight excluding hydrogens is 232 g/mol. The van der Waals surface area contributed by atoms with Crippen LogP contribution in [0.4, 0.5) is 5.82 Å². The zero-order valence-electron chi connectivity index (χ0n) is 10.4. The smallest absolute Gasteiger partial charge is 0.255 e. The molecule has 0 spiro atoms. The molecule has 1 aromatic heterocycles. The first-order valence-corrected chi connectivity index (χ1v) is 5.98. The number of carbonyl (C=O) groups excluding carboxylic acids is 1. The number of amides is 1. The third-order valence-corrected chi connectivity index (χ3v) is 3.11. The fraction of sp³-hybridized carbons (Fsp3) is 0.500. The average Bonchev–Trinajstić information content (AvgIpc) is 2.83. The average molecular weight is 250 g/mol. The van der Waals surface area contributed by atoms with Crippen molar-refractivity contribution in [2.75, 3.05) is 18.6 Å². The van der Waals surface area contributed by atoms with Gasteiger partial charge in [-0.15, -0.1) is 0 Å². The molecule has 0 aromatic carbocycles. The standard InChI is InChI=1S/C12H18N4O2/c1-12(5-3-7-18-12)8-15-11(17)9-4-2-6-14-10(9)16-13/h2,4,6H,3,5,7-8,13H2,1H3,(H,14,16)(H,15,17). The molecule has 0 radical (unpaired) electrons. The Balaban J connectivity index is 1.99. The van der Waals surface area contributed by atoms with Crippen molar-refractivity contribution < 1.29 is 9.53 Å². The Bertz CT molecular complexity index is 430. The van der Waals surface area contributed by atoms with E-state index in [9.17, 15) is 4.79 Å². The molecular formula is C12H18N4O2. The summed E-state index contributed by atoms with van der Waals surface area (Å²) in [6.45, 7) is 3.26. The molecule has 1 amide bonds. The fourth-order valence-corrected chi connectivity index (χ4v) is 2.04. The summed E-state index contributed by atoms with van der Waals surface area (Å²) in [4.78, 5) is 16.0. The summed E-state index contributed by atoms with van der Waals surface area (Å²) < 4.78 is 5.61. The molecule has 6 nitrogen and oxygen atoms in total. The summed E-state index contributed by atoms with van der Waals surface area (Å²) in [5, 5.41) is 2.86. The van der Waals surface area contributed by atoms with E-state index in [1.807, 2.05) is 6.92 Å². The van der Waals surface area contributed by atoms with Gasteiger partial charge in [0.2, 0.25) is 0 Å². The van der Waals surface area contributed by atoms with Gasteiger partial charge in [0, 0.05) is 19.3 Å². The van der Waals surface area contributed by atoms with Gasteiger partial charge in [0.05, 0.1) is 11.2 Å². The van der Waals surface area contributed by atoms with Gasteiger partial charge >= 0.3 is 0 Å². The predicted molar refractivity (Wildman–Crippen MR) is 68.0 cm³/mol. The van der Waals surface area contributed by atoms with E-state index < -0.39 is 0 Å². The van der Waals surface area contributed by atoms with Crippen LogP contribution in [0.1, 0.15) is 30.1 Å². The van der Waals surface area contributed by atoms with Crippen LogP contribution in [0.2, 0.25) is 0 Å². The molecule has 1 aliphatic heterocycles. The molecule has 0 bridgehead atoms. The molecule has 1 atom stereocenters. The Morgan fingerprint density at radius 2 is 2.50 bits per heavy atom. The third kappa shape index (κ3) is 2.77. The maximum absolute atomic E-state index is 12.0. The van der Waals surface area contributed by atoms with Crippen LogP contribution in [-0.4, -0.2) is 29.6 Å². The lowest BCUT2D eigenvalue weighted by Crippen LogP contribution is -2.40. The highest BCUT2D eigenvalue weighted by Crippen LogP contribution is 2.24. The van der Waals surface area contributed by atoms with E-state index >= 15 is 0 Å². The van der Waals surface area contributed by atoms with Crippen LogP contribution >= 0.6 is 0 Å². The maximum Gasteiger partial charge on any atom is 0.255 e. The van der Waals surface area contributed by atoms with Crippen molar-refractivity contribution in [1.82, 2.24) is 10.3 Å². The van der Waals surface area contributed by atoms with Crippen molar-refractivity contribution in [3.8, 4) is 0 Å². The number of rotatable bonds is 4. The molecule has 1 fully saturated rings. The Kier molecular flexibility index (Phi) is 3.78. The van der Waals surface area contributed by atoms with Crippen LogP contribution in [0.3, 0.4) is 0 Å². The Hall–Kier alpha value is -1.66. The highest BCUT2D eigenvalue weighted by molar-refractivity contribution is 5.98. The predicted octanol–water partition coefficient (Wildman–Crippen LogP) is 0.666. The number of ether oxygens (including phenoxy) is 1. The van der Waals surface area contributed by atoms with Crippen LogP contribution in [0.15, 0.2) is 18.3 Å². The van der Waals surface area contributed by atoms with Crippen LogP contribution < -0.4 is 16.6 Å². The van der Waals surface area contributed by atoms with Gasteiger partial charge in [-0.1, -0.05) is 0 Å². The molecule has 4 N–H and O–H groups in total. The lowest BCUT2D eigenvalue weighted by atomic mass is 10.0. The van der Waals surface area contributed by atoms with Crippen molar-refractivity contribution in [3.05, 3.63) is 23.9 Å². The summed E-state index contributed by atoms with van der Waals surface area (Å²) in [6, 6.07) is 3.37. The second-order valence-electron chi connectivity index (χ2n) is 4.63. The monoisotopic (exact) mass is 250 g/mol. The summed E-state index contributed by atoms with van der Waals surface area (Å²) >= 11 is 0. The highest BCUT2D eigenvalue weighted by atomic mass is 16.5. The number of nitrogens with two attached hydrogens (primary N) is 1. The number of nitrogen functional groups attached to an aromatic ring is 1. The summed E-state index contributed by atoms with van der Waals surface area (Å²) in [5.41, 5.74) is 2.59. The molecule has 1 saturated heterocycles. The largest absolute Gasteiger partial charge is 0.373 e. The Labute approximate surface area is 106 Å². The molecule has 2 heterocycles. The highest BCUT2D eigenvalue weighted by Gasteiger charge is 2.30. The van der Waals surface area contributed by atoms with Gasteiger partial charge in [-0.3, -0.25) is 4.79 Å². The zero-order chi connectivity index (χ0) is 13.0. The van der Waals surface area contributed by atoms with E-state index in [4.69, 9.17) is 10.6 Å². The molecule has 98 valence electrons. The summed E-state index contributed by atoms with van der Waals surface area (Å²) in [6.07, 6.45) is 3.57. The number of anilines is 1. The summed E-state index contributed by atoms with van der Waals surface area (Å²) in [5.74, 6) is 5.48. The van der Waals surface area contributed by atoms with Gasteiger partial charge in [0.25, 0.3) is 5.91 Å². The first kappa shape index (κ1) is 12.8. The Morgan fingerprint density at radius 3 is 3.17 bits per heavy atom. The van der Waals surface area contributed by atoms with Crippen LogP contribution in [0.25, 0.3) is 0 Å². The molecule has 6 heteroatoms. The van der Waals surface area contributed by atoms with E-state index in [-0.39, 0.29) is 11.5 Å². The van der Waals surface area contributed by atoms with Crippen molar-refractivity contribution in [3.63, 3.8) is 0 Å². The van der Waals surface area contributed by atoms with E-state index in [1.54, 1.807) is 18.3 Å². The van der Waals surface area contributed by atoms with Crippen LogP contribution in [-0.2, 0) is 4.74 Å². The number of carbonyl (C=O) groups is 1. The maximum atomic E-state index is 12.0. The number of pyridine rings is 1. The normalized spacial score (nSPS) is 22.8. The molecule has 0 saturated carbocycles. The lowest BCUT2D eigenvalue weighted by molar-refractivity contribution is 0.0206. The number of hydrogen-bond acceptors (Lipinski definition) is 5. The van der Waals surface area contributed by atoms with Crippen molar-refractivity contribution in [2.45, 2.75) is 25.4 Å². The molecule has 1 unspecified atom stereocenters. The minimum atomic E-state index is -0.256. The van der Waals surface area contributed by atoms with Crippen LogP contribution in [0, 0.1) is 0 Å². The van der Waals surface area contributed by atoms with Crippen LogP contribution in [0.5, 0.6) is 0 Å². The number of hydrazine groups is 1. The van der Waals surface area contributed by atoms with E-state index in [1.165, 1.54) is 0 Å². The van der Waals surface area contributed by atoms with Gasteiger partial charge in [-0.05, 0) is 31.9 Å². The first-order valence-electron chi connectivity index (χ1n) is 5.98. The molecule has 0 aliphatic carbocycles. The van der Waals surface area contributed by atoms with Gasteiger partial charge < -0.3 is 15.5 Å². The zero-order valence-corrected chi connectivity index (χ0v) is 10.4. The number of aromatic nitrogens is 1. The SMILES string of the molecule is CC1(CNC(=O)c2cccnc2NN)CCCO1. The second-order valence-corrected chi connectivity index (χ2v) is 4.63. The Morgan fingerprint density at radius 1 is 1.67 bits per heavy atom. The summed E-state index contributed by atoms with van der Waals surface area (Å²) in [7, 11) is 0. The minimum Gasteiger partial charge on any atom is -0.373 e. The minimum absolute atomic E-state index is 0.201. The van der Waals surface area contributed by atoms with Gasteiger partial charge in [-0.25, -0.2) is 10.8 Å². The quantitative estimate of drug-likeness (QED) is 0.540. The molecule has 18 heavy (non-hydrogen) atoms. The fourth-order valence-electron chi connectivity index (χ4n) is 2.04. The van der Waals surface area contributed by atoms with Gasteiger partial charge in [0.1, 0.15) is 0 Å². The first-order chi connectivity index (χ1) is 8.64. The number of nitrogens with zero attached hydrogens (tertiary/aromatic N) is 1. The number of nitrogens with one attached hydrogen (secondary N) is 2. The molecule has 2 rings (SSSR count). The van der Waals surface area contributed by atoms with Crippen molar-refractivity contribution in [2.24, 2.45) is 5.84 Å². The van der Waals surface area contributed by atoms with Crippen molar-refractivity contribution >= 4 is 11.7 Å².